The summed E-state index contributed by atoms with van der Waals surface area (Å²) in [4.78, 5) is 11.5. The molecule has 15 heavy (non-hydrogen) atoms. The lowest BCUT2D eigenvalue weighted by Gasteiger charge is -2.06. The number of rotatable bonds is 5. The van der Waals surface area contributed by atoms with Gasteiger partial charge in [0.05, 0.1) is 18.3 Å². The first-order valence-corrected chi connectivity index (χ1v) is 5.00. The first-order chi connectivity index (χ1) is 7.11. The fourth-order valence-electron chi connectivity index (χ4n) is 1.21. The molecule has 0 amide bonds. The smallest absolute Gasteiger partial charge is 0.168 e. The molecule has 0 aliphatic heterocycles. The Hall–Kier alpha value is -1.22. The van der Waals surface area contributed by atoms with E-state index >= 15 is 0 Å². The van der Waals surface area contributed by atoms with Gasteiger partial charge >= 0.3 is 0 Å². The molecule has 0 saturated heterocycles. The Bertz CT molecular complexity index is 334. The fourth-order valence-corrected chi connectivity index (χ4v) is 1.21. The van der Waals surface area contributed by atoms with Gasteiger partial charge in [-0.1, -0.05) is 12.1 Å². The first-order valence-electron chi connectivity index (χ1n) is 5.00. The summed E-state index contributed by atoms with van der Waals surface area (Å²) in [5.74, 6) is -0.680. The summed E-state index contributed by atoms with van der Waals surface area (Å²) >= 11 is 0. The normalized spacial score (nSPS) is 10.7. The molecule has 0 fully saturated rings. The Morgan fingerprint density at radius 2 is 2.07 bits per heavy atom. The van der Waals surface area contributed by atoms with E-state index in [1.807, 2.05) is 13.8 Å². The standard InChI is InChI=1S/C12H15FO2/c1-9(2)15-8-7-12(14)10-5-3-4-6-11(10)13/h3-6,9H,7-8H2,1-2H3. The summed E-state index contributed by atoms with van der Waals surface area (Å²) in [5.41, 5.74) is 0.143. The molecule has 0 saturated carbocycles. The quantitative estimate of drug-likeness (QED) is 0.698. The number of ether oxygens (including phenoxy) is 1. The molecular formula is C12H15FO2. The monoisotopic (exact) mass is 210 g/mol. The predicted octanol–water partition coefficient (Wildman–Crippen LogP) is 2.82. The van der Waals surface area contributed by atoms with E-state index in [2.05, 4.69) is 0 Å². The highest BCUT2D eigenvalue weighted by atomic mass is 19.1. The Morgan fingerprint density at radius 3 is 2.67 bits per heavy atom. The van der Waals surface area contributed by atoms with Crippen LogP contribution < -0.4 is 0 Å². The van der Waals surface area contributed by atoms with Gasteiger partial charge in [0.1, 0.15) is 5.82 Å². The van der Waals surface area contributed by atoms with E-state index in [1.165, 1.54) is 12.1 Å². The van der Waals surface area contributed by atoms with E-state index in [1.54, 1.807) is 12.1 Å². The lowest BCUT2D eigenvalue weighted by molar-refractivity contribution is 0.0676. The highest BCUT2D eigenvalue weighted by molar-refractivity contribution is 5.96. The van der Waals surface area contributed by atoms with Crippen molar-refractivity contribution in [3.8, 4) is 0 Å². The van der Waals surface area contributed by atoms with Crippen molar-refractivity contribution in [2.24, 2.45) is 0 Å². The predicted molar refractivity (Wildman–Crippen MR) is 56.4 cm³/mol. The van der Waals surface area contributed by atoms with Crippen LogP contribution in [0.1, 0.15) is 30.6 Å². The van der Waals surface area contributed by atoms with Crippen LogP contribution in [0.3, 0.4) is 0 Å². The molecule has 0 heterocycles. The number of benzene rings is 1. The zero-order valence-corrected chi connectivity index (χ0v) is 9.00. The van der Waals surface area contributed by atoms with Crippen LogP contribution in [0.25, 0.3) is 0 Å². The van der Waals surface area contributed by atoms with E-state index in [4.69, 9.17) is 4.74 Å². The fraction of sp³-hybridized carbons (Fsp3) is 0.417. The first kappa shape index (κ1) is 11.9. The molecule has 0 aliphatic rings. The zero-order chi connectivity index (χ0) is 11.3. The third kappa shape index (κ3) is 3.80. The van der Waals surface area contributed by atoms with Crippen LogP contribution in [-0.4, -0.2) is 18.5 Å². The molecule has 3 heteroatoms. The van der Waals surface area contributed by atoms with E-state index in [9.17, 15) is 9.18 Å². The number of ketones is 1. The van der Waals surface area contributed by atoms with Crippen molar-refractivity contribution < 1.29 is 13.9 Å². The molecule has 0 atom stereocenters. The van der Waals surface area contributed by atoms with Gasteiger partial charge in [-0.05, 0) is 26.0 Å². The van der Waals surface area contributed by atoms with Gasteiger partial charge in [0.2, 0.25) is 0 Å². The summed E-state index contributed by atoms with van der Waals surface area (Å²) in [6, 6.07) is 6.00. The summed E-state index contributed by atoms with van der Waals surface area (Å²) in [6.07, 6.45) is 0.317. The van der Waals surface area contributed by atoms with Gasteiger partial charge < -0.3 is 4.74 Å². The highest BCUT2D eigenvalue weighted by Gasteiger charge is 2.10. The summed E-state index contributed by atoms with van der Waals surface area (Å²) < 4.78 is 18.4. The van der Waals surface area contributed by atoms with Gasteiger partial charge in [0, 0.05) is 6.42 Å². The third-order valence-electron chi connectivity index (χ3n) is 1.95. The Morgan fingerprint density at radius 1 is 1.40 bits per heavy atom. The lowest BCUT2D eigenvalue weighted by Crippen LogP contribution is -2.10. The molecular weight excluding hydrogens is 195 g/mol. The highest BCUT2D eigenvalue weighted by Crippen LogP contribution is 2.09. The number of hydrogen-bond acceptors (Lipinski definition) is 2. The van der Waals surface area contributed by atoms with Crippen LogP contribution in [0, 0.1) is 5.82 Å². The largest absolute Gasteiger partial charge is 0.378 e. The maximum Gasteiger partial charge on any atom is 0.168 e. The minimum atomic E-state index is -0.466. The maximum atomic E-state index is 13.2. The van der Waals surface area contributed by atoms with Crippen molar-refractivity contribution in [2.75, 3.05) is 6.61 Å². The number of carbonyl (C=O) groups excluding carboxylic acids is 1. The van der Waals surface area contributed by atoms with E-state index in [0.29, 0.717) is 6.61 Å². The lowest BCUT2D eigenvalue weighted by atomic mass is 10.1. The molecule has 1 aromatic carbocycles. The van der Waals surface area contributed by atoms with Crippen LogP contribution >= 0.6 is 0 Å². The second-order valence-corrected chi connectivity index (χ2v) is 3.57. The maximum absolute atomic E-state index is 13.2. The number of carbonyl (C=O) groups is 1. The third-order valence-corrected chi connectivity index (χ3v) is 1.95. The molecule has 0 aromatic heterocycles. The molecule has 0 N–H and O–H groups in total. The average Bonchev–Trinajstić information content (AvgIpc) is 2.17. The Labute approximate surface area is 89.1 Å². The van der Waals surface area contributed by atoms with Crippen LogP contribution in [0.15, 0.2) is 24.3 Å². The summed E-state index contributed by atoms with van der Waals surface area (Å²) in [5, 5.41) is 0. The number of halogens is 1. The Kier molecular flexibility index (Phi) is 4.43. The van der Waals surface area contributed by atoms with E-state index in [0.717, 1.165) is 0 Å². The number of hydrogen-bond donors (Lipinski definition) is 0. The van der Waals surface area contributed by atoms with Gasteiger partial charge in [-0.15, -0.1) is 0 Å². The average molecular weight is 210 g/mol. The molecule has 0 unspecified atom stereocenters. The van der Waals surface area contributed by atoms with Crippen molar-refractivity contribution in [2.45, 2.75) is 26.4 Å². The number of Topliss-reactive ketones (excluding diaryl/α,β-unsaturated/α-hetero) is 1. The summed E-state index contributed by atoms with van der Waals surface area (Å²) in [7, 11) is 0. The molecule has 1 aromatic rings. The minimum absolute atomic E-state index is 0.0958. The second-order valence-electron chi connectivity index (χ2n) is 3.57. The molecule has 0 bridgehead atoms. The van der Waals surface area contributed by atoms with Gasteiger partial charge in [0.15, 0.2) is 5.78 Å². The van der Waals surface area contributed by atoms with Crippen molar-refractivity contribution in [3.63, 3.8) is 0 Å². The van der Waals surface area contributed by atoms with Crippen molar-refractivity contribution >= 4 is 5.78 Å². The van der Waals surface area contributed by atoms with Crippen LogP contribution in [0.4, 0.5) is 4.39 Å². The molecule has 82 valence electrons. The molecule has 0 aliphatic carbocycles. The van der Waals surface area contributed by atoms with Gasteiger partial charge in [-0.3, -0.25) is 4.79 Å². The van der Waals surface area contributed by atoms with Crippen molar-refractivity contribution in [1.29, 1.82) is 0 Å². The molecule has 0 radical (unpaired) electrons. The molecule has 1 rings (SSSR count). The second kappa shape index (κ2) is 5.61. The van der Waals surface area contributed by atoms with Gasteiger partial charge in [0.25, 0.3) is 0 Å². The van der Waals surface area contributed by atoms with Gasteiger partial charge in [-0.25, -0.2) is 4.39 Å². The minimum Gasteiger partial charge on any atom is -0.378 e. The van der Waals surface area contributed by atoms with Crippen molar-refractivity contribution in [1.82, 2.24) is 0 Å². The van der Waals surface area contributed by atoms with Crippen LogP contribution in [-0.2, 0) is 4.74 Å². The van der Waals surface area contributed by atoms with Crippen LogP contribution in [0.5, 0.6) is 0 Å². The molecule has 2 nitrogen and oxygen atoms in total. The van der Waals surface area contributed by atoms with Crippen LogP contribution in [0.2, 0.25) is 0 Å². The Balaban J connectivity index is 2.51. The topological polar surface area (TPSA) is 26.3 Å². The molecule has 0 spiro atoms. The summed E-state index contributed by atoms with van der Waals surface area (Å²) in [6.45, 7) is 4.13. The van der Waals surface area contributed by atoms with Gasteiger partial charge in [-0.2, -0.15) is 0 Å². The van der Waals surface area contributed by atoms with E-state index in [-0.39, 0.29) is 23.9 Å². The van der Waals surface area contributed by atoms with Crippen molar-refractivity contribution in [3.05, 3.63) is 35.6 Å². The zero-order valence-electron chi connectivity index (χ0n) is 9.00. The van der Waals surface area contributed by atoms with E-state index < -0.39 is 5.82 Å². The SMILES string of the molecule is CC(C)OCCC(=O)c1ccccc1F.